The summed E-state index contributed by atoms with van der Waals surface area (Å²) in [6.45, 7) is 1.62. The third-order valence-corrected chi connectivity index (χ3v) is 2.52. The summed E-state index contributed by atoms with van der Waals surface area (Å²) in [5.41, 5.74) is 2.27. The molecule has 1 unspecified atom stereocenters. The van der Waals surface area contributed by atoms with Crippen LogP contribution in [0.1, 0.15) is 5.56 Å². The first-order valence-corrected chi connectivity index (χ1v) is 4.88. The van der Waals surface area contributed by atoms with Crippen molar-refractivity contribution in [2.45, 2.75) is 6.10 Å². The summed E-state index contributed by atoms with van der Waals surface area (Å²) in [5, 5.41) is 9.71. The minimum atomic E-state index is -0.291. The van der Waals surface area contributed by atoms with E-state index in [-0.39, 0.29) is 6.10 Å². The second-order valence-corrected chi connectivity index (χ2v) is 3.84. The summed E-state index contributed by atoms with van der Waals surface area (Å²) >= 11 is 0. The number of aliphatic hydroxyl groups is 1. The predicted octanol–water partition coefficient (Wildman–Crippen LogP) is 1.38. The van der Waals surface area contributed by atoms with Crippen LogP contribution < -0.4 is 0 Å². The summed E-state index contributed by atoms with van der Waals surface area (Å²) in [5.74, 6) is 0. The molecule has 2 heteroatoms. The number of rotatable bonds is 1. The fraction of sp³-hybridized carbons (Fsp3) is 0.333. The highest BCUT2D eigenvalue weighted by Gasteiger charge is 2.21. The molecule has 1 aromatic rings. The largest absolute Gasteiger partial charge is 0.387 e. The molecule has 1 aliphatic rings. The molecule has 0 radical (unpaired) electrons. The monoisotopic (exact) mass is 189 g/mol. The van der Waals surface area contributed by atoms with Gasteiger partial charge in [-0.25, -0.2) is 0 Å². The van der Waals surface area contributed by atoms with E-state index in [0.29, 0.717) is 0 Å². The van der Waals surface area contributed by atoms with Gasteiger partial charge in [-0.05, 0) is 18.2 Å². The van der Waals surface area contributed by atoms with Gasteiger partial charge >= 0.3 is 0 Å². The maximum absolute atomic E-state index is 9.71. The van der Waals surface area contributed by atoms with Crippen LogP contribution in [0.4, 0.5) is 0 Å². The molecule has 1 aromatic carbocycles. The lowest BCUT2D eigenvalue weighted by Crippen LogP contribution is -2.15. The lowest BCUT2D eigenvalue weighted by Gasteiger charge is -2.02. The van der Waals surface area contributed by atoms with Crippen molar-refractivity contribution in [1.29, 1.82) is 0 Å². The third-order valence-electron chi connectivity index (χ3n) is 2.52. The molecule has 0 spiro atoms. The lowest BCUT2D eigenvalue weighted by atomic mass is 10.1. The van der Waals surface area contributed by atoms with E-state index in [9.17, 15) is 5.11 Å². The van der Waals surface area contributed by atoms with Crippen molar-refractivity contribution in [3.63, 3.8) is 0 Å². The Kier molecular flexibility index (Phi) is 2.66. The van der Waals surface area contributed by atoms with Crippen molar-refractivity contribution >= 4 is 6.08 Å². The van der Waals surface area contributed by atoms with Gasteiger partial charge in [-0.1, -0.05) is 36.4 Å². The highest BCUT2D eigenvalue weighted by Crippen LogP contribution is 2.17. The Morgan fingerprint density at radius 2 is 2.07 bits per heavy atom. The van der Waals surface area contributed by atoms with Crippen LogP contribution in [0.15, 0.2) is 35.9 Å². The van der Waals surface area contributed by atoms with Crippen LogP contribution in [0.2, 0.25) is 0 Å². The van der Waals surface area contributed by atoms with Crippen molar-refractivity contribution in [1.82, 2.24) is 4.90 Å². The Morgan fingerprint density at radius 3 is 2.64 bits per heavy atom. The average molecular weight is 189 g/mol. The molecule has 1 N–H and O–H groups in total. The predicted molar refractivity (Wildman–Crippen MR) is 57.9 cm³/mol. The van der Waals surface area contributed by atoms with Gasteiger partial charge in [0.2, 0.25) is 0 Å². The van der Waals surface area contributed by atoms with Crippen LogP contribution in [0.3, 0.4) is 0 Å². The molecule has 0 aliphatic carbocycles. The Balaban J connectivity index is 2.19. The Hall–Kier alpha value is -1.12. The molecule has 1 aliphatic heterocycles. The molecule has 0 amide bonds. The van der Waals surface area contributed by atoms with Gasteiger partial charge in [0.25, 0.3) is 0 Å². The fourth-order valence-electron chi connectivity index (χ4n) is 1.80. The van der Waals surface area contributed by atoms with Gasteiger partial charge < -0.3 is 5.11 Å². The number of aliphatic hydroxyl groups excluding tert-OH is 1. The minimum absolute atomic E-state index is 0.291. The minimum Gasteiger partial charge on any atom is -0.387 e. The molecule has 0 saturated carbocycles. The zero-order valence-corrected chi connectivity index (χ0v) is 8.35. The van der Waals surface area contributed by atoms with Gasteiger partial charge in [0.05, 0.1) is 6.10 Å². The third kappa shape index (κ3) is 2.03. The van der Waals surface area contributed by atoms with Crippen LogP contribution in [0, 0.1) is 0 Å². The number of β-amino-alcohol motifs (C(OH)–C–C–N with tert-alkyl or cyclic N) is 1. The first kappa shape index (κ1) is 9.44. The zero-order chi connectivity index (χ0) is 9.97. The second kappa shape index (κ2) is 3.95. The van der Waals surface area contributed by atoms with Gasteiger partial charge in [-0.3, -0.25) is 4.90 Å². The number of likely N-dealkylation sites (N-methyl/N-ethyl adjacent to an activating group) is 1. The van der Waals surface area contributed by atoms with Crippen molar-refractivity contribution < 1.29 is 5.11 Å². The average Bonchev–Trinajstić information content (AvgIpc) is 2.47. The van der Waals surface area contributed by atoms with E-state index in [1.54, 1.807) is 0 Å². The van der Waals surface area contributed by atoms with E-state index in [0.717, 1.165) is 24.2 Å². The Morgan fingerprint density at radius 1 is 1.36 bits per heavy atom. The normalized spacial score (nSPS) is 25.9. The van der Waals surface area contributed by atoms with E-state index in [4.69, 9.17) is 0 Å². The molecule has 1 saturated heterocycles. The maximum atomic E-state index is 9.71. The van der Waals surface area contributed by atoms with Crippen molar-refractivity contribution in [2.75, 3.05) is 20.1 Å². The highest BCUT2D eigenvalue weighted by molar-refractivity contribution is 5.54. The number of hydrogen-bond donors (Lipinski definition) is 1. The molecular formula is C12H15NO. The Labute approximate surface area is 84.5 Å². The van der Waals surface area contributed by atoms with Gasteiger partial charge in [0.1, 0.15) is 0 Å². The van der Waals surface area contributed by atoms with E-state index in [2.05, 4.69) is 23.1 Å². The van der Waals surface area contributed by atoms with Gasteiger partial charge in [-0.2, -0.15) is 0 Å². The summed E-state index contributed by atoms with van der Waals surface area (Å²) in [6, 6.07) is 10.1. The fourth-order valence-corrected chi connectivity index (χ4v) is 1.80. The van der Waals surface area contributed by atoms with E-state index < -0.39 is 0 Å². The van der Waals surface area contributed by atoms with Crippen LogP contribution in [-0.2, 0) is 0 Å². The molecule has 2 nitrogen and oxygen atoms in total. The summed E-state index contributed by atoms with van der Waals surface area (Å²) in [6.07, 6.45) is 1.79. The molecule has 0 bridgehead atoms. The van der Waals surface area contributed by atoms with Crippen LogP contribution >= 0.6 is 0 Å². The molecule has 74 valence electrons. The van der Waals surface area contributed by atoms with Crippen molar-refractivity contribution in [3.8, 4) is 0 Å². The zero-order valence-electron chi connectivity index (χ0n) is 8.35. The van der Waals surface area contributed by atoms with E-state index in [1.807, 2.05) is 25.2 Å². The number of nitrogens with zero attached hydrogens (tertiary/aromatic N) is 1. The Bertz CT molecular complexity index is 331. The van der Waals surface area contributed by atoms with E-state index in [1.165, 1.54) is 0 Å². The molecule has 0 aromatic heterocycles. The lowest BCUT2D eigenvalue weighted by molar-refractivity contribution is 0.206. The van der Waals surface area contributed by atoms with Crippen LogP contribution in [0.5, 0.6) is 0 Å². The second-order valence-electron chi connectivity index (χ2n) is 3.84. The molecule has 14 heavy (non-hydrogen) atoms. The van der Waals surface area contributed by atoms with Gasteiger partial charge in [0.15, 0.2) is 0 Å². The smallest absolute Gasteiger partial charge is 0.0892 e. The molecule has 1 fully saturated rings. The molecule has 1 atom stereocenters. The molecule has 1 heterocycles. The first-order chi connectivity index (χ1) is 6.75. The highest BCUT2D eigenvalue weighted by atomic mass is 16.3. The summed E-state index contributed by atoms with van der Waals surface area (Å²) < 4.78 is 0. The van der Waals surface area contributed by atoms with Crippen LogP contribution in [-0.4, -0.2) is 36.2 Å². The quantitative estimate of drug-likeness (QED) is 0.721. The number of benzene rings is 1. The number of likely N-dealkylation sites (tertiary alicyclic amines) is 1. The summed E-state index contributed by atoms with van der Waals surface area (Å²) in [7, 11) is 2.02. The number of hydrogen-bond acceptors (Lipinski definition) is 2. The molecule has 2 rings (SSSR count). The topological polar surface area (TPSA) is 23.5 Å². The van der Waals surface area contributed by atoms with Gasteiger partial charge in [0, 0.05) is 13.1 Å². The van der Waals surface area contributed by atoms with Crippen LogP contribution in [0.25, 0.3) is 6.08 Å². The van der Waals surface area contributed by atoms with E-state index >= 15 is 0 Å². The van der Waals surface area contributed by atoms with Crippen molar-refractivity contribution in [2.24, 2.45) is 0 Å². The summed E-state index contributed by atoms with van der Waals surface area (Å²) in [4.78, 5) is 2.12. The van der Waals surface area contributed by atoms with Gasteiger partial charge in [-0.15, -0.1) is 0 Å². The van der Waals surface area contributed by atoms with Crippen molar-refractivity contribution in [3.05, 3.63) is 41.5 Å². The first-order valence-electron chi connectivity index (χ1n) is 4.88. The standard InChI is InChI=1S/C12H15NO/c1-13-8-11(12(14)9-13)7-10-5-3-2-4-6-10/h2-7,12,14H,8-9H2,1H3/b11-7-. The molecular weight excluding hydrogens is 174 g/mol. The SMILES string of the molecule is CN1C/C(=C/c2ccccc2)C(O)C1. The maximum Gasteiger partial charge on any atom is 0.0892 e.